The smallest absolute Gasteiger partial charge is 0.374 e. The van der Waals surface area contributed by atoms with E-state index >= 15 is 0 Å². The van der Waals surface area contributed by atoms with Crippen molar-refractivity contribution in [1.29, 1.82) is 0 Å². The number of carbonyl (C=O) groups is 1. The summed E-state index contributed by atoms with van der Waals surface area (Å²) in [6.07, 6.45) is -11.3. The van der Waals surface area contributed by atoms with Crippen LogP contribution in [0.3, 0.4) is 0 Å². The summed E-state index contributed by atoms with van der Waals surface area (Å²) in [4.78, 5) is 10.6. The first kappa shape index (κ1) is 14.2. The maximum Gasteiger partial charge on any atom is 0.407 e. The number of alkyl halides is 6. The molecule has 0 amide bonds. The molecule has 0 spiro atoms. The Morgan fingerprint density at radius 1 is 1.13 bits per heavy atom. The topological polar surface area (TPSA) is 26.3 Å². The Labute approximate surface area is 81.2 Å². The highest BCUT2D eigenvalue weighted by Gasteiger charge is 2.60. The van der Waals surface area contributed by atoms with E-state index in [-0.39, 0.29) is 6.61 Å². The Balaban J connectivity index is 4.74. The molecule has 2 nitrogen and oxygen atoms in total. The zero-order chi connectivity index (χ0) is 12.3. The summed E-state index contributed by atoms with van der Waals surface area (Å²) in [5.41, 5.74) is 0. The van der Waals surface area contributed by atoms with Gasteiger partial charge in [0.25, 0.3) is 0 Å². The first-order valence-electron chi connectivity index (χ1n) is 3.84. The summed E-state index contributed by atoms with van der Waals surface area (Å²) >= 11 is 0. The van der Waals surface area contributed by atoms with E-state index in [0.717, 1.165) is 0 Å². The number of halogens is 6. The lowest BCUT2D eigenvalue weighted by Crippen LogP contribution is -2.43. The van der Waals surface area contributed by atoms with Crippen LogP contribution >= 0.6 is 0 Å². The van der Waals surface area contributed by atoms with Crippen LogP contribution in [0.15, 0.2) is 0 Å². The van der Waals surface area contributed by atoms with Gasteiger partial charge in [-0.05, 0) is 6.92 Å². The van der Waals surface area contributed by atoms with Gasteiger partial charge >= 0.3 is 12.4 Å². The molecular weight excluding hydrogens is 230 g/mol. The lowest BCUT2D eigenvalue weighted by atomic mass is 10.0. The van der Waals surface area contributed by atoms with Crippen molar-refractivity contribution in [2.75, 3.05) is 13.2 Å². The fourth-order valence-electron chi connectivity index (χ4n) is 0.837. The maximum atomic E-state index is 11.9. The average Bonchev–Trinajstić information content (AvgIpc) is 1.94. The Hall–Kier alpha value is -0.790. The molecular formula is C7H8F6O2. The third kappa shape index (κ3) is 4.50. The van der Waals surface area contributed by atoms with Crippen LogP contribution in [-0.2, 0) is 9.53 Å². The Morgan fingerprint density at radius 3 is 1.80 bits per heavy atom. The highest BCUT2D eigenvalue weighted by molar-refractivity contribution is 5.83. The van der Waals surface area contributed by atoms with Gasteiger partial charge in [-0.2, -0.15) is 26.3 Å². The van der Waals surface area contributed by atoms with Crippen molar-refractivity contribution >= 4 is 5.78 Å². The van der Waals surface area contributed by atoms with Gasteiger partial charge in [0.1, 0.15) is 6.61 Å². The predicted octanol–water partition coefficient (Wildman–Crippen LogP) is 2.33. The number of ketones is 1. The number of hydrogen-bond donors (Lipinski definition) is 0. The first-order chi connectivity index (χ1) is 6.60. The monoisotopic (exact) mass is 238 g/mol. The lowest BCUT2D eigenvalue weighted by Gasteiger charge is -2.21. The summed E-state index contributed by atoms with van der Waals surface area (Å²) in [7, 11) is 0. The van der Waals surface area contributed by atoms with Crippen LogP contribution in [0.1, 0.15) is 6.92 Å². The molecule has 0 bridgehead atoms. The van der Waals surface area contributed by atoms with Gasteiger partial charge in [0.2, 0.25) is 5.92 Å². The molecule has 0 aliphatic carbocycles. The highest BCUT2D eigenvalue weighted by atomic mass is 19.4. The van der Waals surface area contributed by atoms with Crippen molar-refractivity contribution < 1.29 is 35.9 Å². The van der Waals surface area contributed by atoms with E-state index in [1.165, 1.54) is 6.92 Å². The van der Waals surface area contributed by atoms with Crippen molar-refractivity contribution in [3.05, 3.63) is 0 Å². The maximum absolute atomic E-state index is 11.9. The molecule has 0 heterocycles. The zero-order valence-electron chi connectivity index (χ0n) is 7.58. The molecule has 0 aliphatic rings. The van der Waals surface area contributed by atoms with Gasteiger partial charge in [-0.3, -0.25) is 4.79 Å². The minimum atomic E-state index is -5.63. The molecule has 0 atom stereocenters. The molecule has 8 heteroatoms. The van der Waals surface area contributed by atoms with Gasteiger partial charge in [0.15, 0.2) is 5.78 Å². The average molecular weight is 238 g/mol. The van der Waals surface area contributed by atoms with Gasteiger partial charge < -0.3 is 4.74 Å². The van der Waals surface area contributed by atoms with Gasteiger partial charge in [-0.15, -0.1) is 0 Å². The highest BCUT2D eigenvalue weighted by Crippen LogP contribution is 2.39. The second-order valence-corrected chi connectivity index (χ2v) is 2.62. The van der Waals surface area contributed by atoms with Crippen LogP contribution in [0.2, 0.25) is 0 Å². The van der Waals surface area contributed by atoms with Gasteiger partial charge in [-0.25, -0.2) is 0 Å². The molecule has 0 aromatic carbocycles. The number of hydrogen-bond acceptors (Lipinski definition) is 2. The molecule has 0 saturated carbocycles. The summed E-state index contributed by atoms with van der Waals surface area (Å²) in [6.45, 7) is 0.0256. The zero-order valence-corrected chi connectivity index (χ0v) is 7.58. The summed E-state index contributed by atoms with van der Waals surface area (Å²) in [5, 5.41) is 0. The van der Waals surface area contributed by atoms with Crippen LogP contribution in [0.25, 0.3) is 0 Å². The summed E-state index contributed by atoms with van der Waals surface area (Å²) in [5.74, 6) is -5.99. The van der Waals surface area contributed by atoms with E-state index in [1.807, 2.05) is 0 Å². The van der Waals surface area contributed by atoms with Crippen molar-refractivity contribution in [1.82, 2.24) is 0 Å². The van der Waals surface area contributed by atoms with E-state index in [1.54, 1.807) is 0 Å². The fraction of sp³-hybridized carbons (Fsp3) is 0.857. The molecule has 0 aromatic rings. The normalized spacial score (nSPS) is 13.3. The molecule has 90 valence electrons. The van der Waals surface area contributed by atoms with E-state index in [0.29, 0.717) is 0 Å². The molecule has 0 aromatic heterocycles. The van der Waals surface area contributed by atoms with Crippen molar-refractivity contribution in [3.63, 3.8) is 0 Å². The Bertz CT molecular complexity index is 205. The number of Topliss-reactive ketones (excluding diaryl/α,β-unsaturated/α-hetero) is 1. The lowest BCUT2D eigenvalue weighted by molar-refractivity contribution is -0.274. The largest absolute Gasteiger partial charge is 0.407 e. The molecule has 0 saturated heterocycles. The van der Waals surface area contributed by atoms with Gasteiger partial charge in [-0.1, -0.05) is 0 Å². The number of carbonyl (C=O) groups excluding carboxylic acids is 1. The van der Waals surface area contributed by atoms with Gasteiger partial charge in [0.05, 0.1) is 0 Å². The third-order valence-corrected chi connectivity index (χ3v) is 1.43. The molecule has 0 radical (unpaired) electrons. The Kier molecular flexibility index (Phi) is 4.57. The standard InChI is InChI=1S/C7H8F6O2/c1-2-15-3-4(14)5(6(8,9)10)7(11,12)13/h5H,2-3H2,1H3. The van der Waals surface area contributed by atoms with Crippen molar-refractivity contribution in [2.24, 2.45) is 5.92 Å². The van der Waals surface area contributed by atoms with Gasteiger partial charge in [0, 0.05) is 6.61 Å². The number of rotatable bonds is 4. The fourth-order valence-corrected chi connectivity index (χ4v) is 0.837. The molecule has 0 unspecified atom stereocenters. The molecule has 0 fully saturated rings. The third-order valence-electron chi connectivity index (χ3n) is 1.43. The summed E-state index contributed by atoms with van der Waals surface area (Å²) < 4.78 is 75.6. The Morgan fingerprint density at radius 2 is 1.53 bits per heavy atom. The molecule has 0 aliphatic heterocycles. The summed E-state index contributed by atoms with van der Waals surface area (Å²) in [6, 6.07) is 0. The van der Waals surface area contributed by atoms with Crippen LogP contribution in [0.4, 0.5) is 26.3 Å². The minimum absolute atomic E-state index is 0.131. The van der Waals surface area contributed by atoms with Crippen molar-refractivity contribution in [3.8, 4) is 0 Å². The van der Waals surface area contributed by atoms with E-state index < -0.39 is 30.7 Å². The van der Waals surface area contributed by atoms with Crippen LogP contribution in [0, 0.1) is 5.92 Å². The second kappa shape index (κ2) is 4.82. The van der Waals surface area contributed by atoms with E-state index in [4.69, 9.17) is 0 Å². The molecule has 0 rings (SSSR count). The number of ether oxygens (including phenoxy) is 1. The van der Waals surface area contributed by atoms with E-state index in [9.17, 15) is 31.1 Å². The van der Waals surface area contributed by atoms with Crippen LogP contribution in [0.5, 0.6) is 0 Å². The minimum Gasteiger partial charge on any atom is -0.374 e. The quantitative estimate of drug-likeness (QED) is 0.702. The second-order valence-electron chi connectivity index (χ2n) is 2.62. The molecule has 0 N–H and O–H groups in total. The van der Waals surface area contributed by atoms with Crippen molar-refractivity contribution in [2.45, 2.75) is 19.3 Å². The van der Waals surface area contributed by atoms with Crippen LogP contribution in [-0.4, -0.2) is 31.3 Å². The molecule has 15 heavy (non-hydrogen) atoms. The van der Waals surface area contributed by atoms with E-state index in [2.05, 4.69) is 4.74 Å². The van der Waals surface area contributed by atoms with Crippen LogP contribution < -0.4 is 0 Å². The first-order valence-corrected chi connectivity index (χ1v) is 3.84. The predicted molar refractivity (Wildman–Crippen MR) is 37.1 cm³/mol. The SMILES string of the molecule is CCOCC(=O)C(C(F)(F)F)C(F)(F)F.